The van der Waals surface area contributed by atoms with Crippen LogP contribution < -0.4 is 4.74 Å². The van der Waals surface area contributed by atoms with E-state index in [1.54, 1.807) is 0 Å². The van der Waals surface area contributed by atoms with Crippen molar-refractivity contribution in [2.75, 3.05) is 13.2 Å². The first-order valence-corrected chi connectivity index (χ1v) is 11.4. The van der Waals surface area contributed by atoms with Gasteiger partial charge in [0.25, 0.3) is 0 Å². The lowest BCUT2D eigenvalue weighted by molar-refractivity contribution is -0.118. The molecule has 162 valence electrons. The third-order valence-electron chi connectivity index (χ3n) is 5.20. The summed E-state index contributed by atoms with van der Waals surface area (Å²) in [6.45, 7) is 11.0. The molecule has 30 heavy (non-hydrogen) atoms. The van der Waals surface area contributed by atoms with Gasteiger partial charge >= 0.3 is 0 Å². The van der Waals surface area contributed by atoms with E-state index in [0.717, 1.165) is 39.8 Å². The van der Waals surface area contributed by atoms with E-state index in [4.69, 9.17) is 9.84 Å². The van der Waals surface area contributed by atoms with Crippen molar-refractivity contribution in [3.05, 3.63) is 69.2 Å². The van der Waals surface area contributed by atoms with Crippen molar-refractivity contribution in [2.45, 2.75) is 53.4 Å². The first-order valence-electron chi connectivity index (χ1n) is 10.7. The van der Waals surface area contributed by atoms with Crippen molar-refractivity contribution in [1.29, 1.82) is 0 Å². The highest BCUT2D eigenvalue weighted by Crippen LogP contribution is 2.34. The van der Waals surface area contributed by atoms with Gasteiger partial charge in [-0.2, -0.15) is 0 Å². The molecule has 1 N–H and O–H groups in total. The Kier molecular flexibility index (Phi) is 9.32. The molecule has 1 heterocycles. The number of hydrogen-bond acceptors (Lipinski definition) is 3. The van der Waals surface area contributed by atoms with E-state index in [1.807, 2.05) is 32.1 Å². The normalized spacial score (nSPS) is 15.7. The summed E-state index contributed by atoms with van der Waals surface area (Å²) in [4.78, 5) is 13.3. The summed E-state index contributed by atoms with van der Waals surface area (Å²) < 4.78 is 6.92. The summed E-state index contributed by atoms with van der Waals surface area (Å²) in [5.74, 6) is 1.28. The number of rotatable bonds is 5. The summed E-state index contributed by atoms with van der Waals surface area (Å²) in [7, 11) is 0. The molecule has 4 heteroatoms. The van der Waals surface area contributed by atoms with Crippen molar-refractivity contribution in [2.24, 2.45) is 5.92 Å². The van der Waals surface area contributed by atoms with Crippen LogP contribution in [0.25, 0.3) is 5.57 Å². The van der Waals surface area contributed by atoms with Crippen LogP contribution in [0.15, 0.2) is 46.9 Å². The molecule has 0 saturated heterocycles. The molecule has 2 aromatic rings. The van der Waals surface area contributed by atoms with Gasteiger partial charge in [-0.05, 0) is 67.5 Å². The second-order valence-electron chi connectivity index (χ2n) is 8.00. The number of carbonyl (C=O) groups is 1. The van der Waals surface area contributed by atoms with E-state index >= 15 is 0 Å². The van der Waals surface area contributed by atoms with Gasteiger partial charge in [0.1, 0.15) is 5.75 Å². The summed E-state index contributed by atoms with van der Waals surface area (Å²) in [5, 5.41) is 7.88. The van der Waals surface area contributed by atoms with Gasteiger partial charge in [0.2, 0.25) is 0 Å². The molecule has 1 aliphatic rings. The molecule has 0 amide bonds. The highest BCUT2D eigenvalue weighted by atomic mass is 79.9. The molecular weight excluding hydrogens is 440 g/mol. The maximum atomic E-state index is 13.3. The SMILES string of the molecule is C/C=C(/C(=O)C1COc2ccc(C)cc2C1)c1ccc(Br)cc1C(C)C.CCCO. The number of aliphatic hydroxyl groups excluding tert-OH is 1. The van der Waals surface area contributed by atoms with Gasteiger partial charge in [-0.3, -0.25) is 4.79 Å². The molecule has 1 atom stereocenters. The second kappa shape index (κ2) is 11.5. The average Bonchev–Trinajstić information content (AvgIpc) is 2.74. The molecule has 3 rings (SSSR count). The topological polar surface area (TPSA) is 46.5 Å². The Morgan fingerprint density at radius 1 is 1.27 bits per heavy atom. The van der Waals surface area contributed by atoms with Crippen LogP contribution in [-0.4, -0.2) is 24.1 Å². The minimum absolute atomic E-state index is 0.140. The predicted molar refractivity (Wildman–Crippen MR) is 128 cm³/mol. The molecule has 0 bridgehead atoms. The number of fused-ring (bicyclic) bond motifs is 1. The minimum atomic E-state index is -0.140. The number of hydrogen-bond donors (Lipinski definition) is 1. The van der Waals surface area contributed by atoms with Crippen LogP contribution in [0.1, 0.15) is 62.3 Å². The lowest BCUT2D eigenvalue weighted by atomic mass is 9.84. The first-order chi connectivity index (χ1) is 14.3. The van der Waals surface area contributed by atoms with Crippen LogP contribution in [0.2, 0.25) is 0 Å². The second-order valence-corrected chi connectivity index (χ2v) is 8.92. The molecule has 0 fully saturated rings. The molecular formula is C26H33BrO3. The van der Waals surface area contributed by atoms with Crippen molar-refractivity contribution in [3.8, 4) is 5.75 Å². The Balaban J connectivity index is 0.000000735. The Bertz CT molecular complexity index is 897. The van der Waals surface area contributed by atoms with E-state index < -0.39 is 0 Å². The zero-order chi connectivity index (χ0) is 22.3. The lowest BCUT2D eigenvalue weighted by Crippen LogP contribution is -2.29. The zero-order valence-electron chi connectivity index (χ0n) is 18.7. The van der Waals surface area contributed by atoms with Crippen molar-refractivity contribution in [1.82, 2.24) is 0 Å². The summed E-state index contributed by atoms with van der Waals surface area (Å²) in [6.07, 6.45) is 3.56. The molecule has 1 aliphatic heterocycles. The van der Waals surface area contributed by atoms with Crippen LogP contribution in [-0.2, 0) is 11.2 Å². The maximum Gasteiger partial charge on any atom is 0.169 e. The number of halogens is 1. The van der Waals surface area contributed by atoms with Crippen LogP contribution in [0.5, 0.6) is 5.75 Å². The Morgan fingerprint density at radius 2 is 1.97 bits per heavy atom. The van der Waals surface area contributed by atoms with Gasteiger partial charge in [0.05, 0.1) is 12.5 Å². The molecule has 1 unspecified atom stereocenters. The highest BCUT2D eigenvalue weighted by Gasteiger charge is 2.29. The molecule has 2 aromatic carbocycles. The largest absolute Gasteiger partial charge is 0.493 e. The van der Waals surface area contributed by atoms with E-state index in [-0.39, 0.29) is 11.7 Å². The van der Waals surface area contributed by atoms with Crippen LogP contribution in [0.3, 0.4) is 0 Å². The first kappa shape index (κ1) is 24.4. The van der Waals surface area contributed by atoms with Crippen molar-refractivity contribution < 1.29 is 14.6 Å². The van der Waals surface area contributed by atoms with Gasteiger partial charge in [0.15, 0.2) is 5.78 Å². The Morgan fingerprint density at radius 3 is 2.57 bits per heavy atom. The van der Waals surface area contributed by atoms with Crippen molar-refractivity contribution >= 4 is 27.3 Å². The van der Waals surface area contributed by atoms with E-state index in [0.29, 0.717) is 19.1 Å². The number of ether oxygens (including phenoxy) is 1. The number of aryl methyl sites for hydroxylation is 1. The van der Waals surface area contributed by atoms with Gasteiger partial charge in [0, 0.05) is 16.7 Å². The molecule has 0 spiro atoms. The fourth-order valence-electron chi connectivity index (χ4n) is 3.60. The number of benzene rings is 2. The van der Waals surface area contributed by atoms with Crippen molar-refractivity contribution in [3.63, 3.8) is 0 Å². The van der Waals surface area contributed by atoms with E-state index in [2.05, 4.69) is 61.0 Å². The zero-order valence-corrected chi connectivity index (χ0v) is 20.3. The lowest BCUT2D eigenvalue weighted by Gasteiger charge is -2.26. The van der Waals surface area contributed by atoms with E-state index in [9.17, 15) is 4.79 Å². The summed E-state index contributed by atoms with van der Waals surface area (Å²) >= 11 is 3.55. The molecule has 0 aromatic heterocycles. The number of Topliss-reactive ketones (excluding diaryl/α,β-unsaturated/α-hetero) is 1. The van der Waals surface area contributed by atoms with Gasteiger partial charge in [-0.15, -0.1) is 0 Å². The van der Waals surface area contributed by atoms with Gasteiger partial charge in [-0.25, -0.2) is 0 Å². The molecule has 3 nitrogen and oxygen atoms in total. The third-order valence-corrected chi connectivity index (χ3v) is 5.69. The van der Waals surface area contributed by atoms with Crippen LogP contribution in [0, 0.1) is 12.8 Å². The highest BCUT2D eigenvalue weighted by molar-refractivity contribution is 9.10. The number of allylic oxidation sites excluding steroid dienone is 2. The Labute approximate surface area is 189 Å². The fourth-order valence-corrected chi connectivity index (χ4v) is 3.98. The maximum absolute atomic E-state index is 13.3. The minimum Gasteiger partial charge on any atom is -0.493 e. The Hall–Kier alpha value is -1.91. The summed E-state index contributed by atoms with van der Waals surface area (Å²) in [5.41, 5.74) is 5.34. The fraction of sp³-hybridized carbons (Fsp3) is 0.423. The molecule has 0 aliphatic carbocycles. The van der Waals surface area contributed by atoms with Gasteiger partial charge in [-0.1, -0.05) is 66.5 Å². The standard InChI is InChI=1S/C23H25BrO2.C3H8O/c1-5-19(20-8-7-18(24)12-21(20)14(2)3)23(25)17-11-16-10-15(4)6-9-22(16)26-13-17;1-2-3-4/h5-10,12,14,17H,11,13H2,1-4H3;4H,2-3H2,1H3/b19-5+;. The number of aliphatic hydroxyl groups is 1. The molecule has 0 radical (unpaired) electrons. The van der Waals surface area contributed by atoms with E-state index in [1.165, 1.54) is 11.1 Å². The van der Waals surface area contributed by atoms with Gasteiger partial charge < -0.3 is 9.84 Å². The quantitative estimate of drug-likeness (QED) is 0.505. The smallest absolute Gasteiger partial charge is 0.169 e. The summed E-state index contributed by atoms with van der Waals surface area (Å²) in [6, 6.07) is 12.4. The monoisotopic (exact) mass is 472 g/mol. The number of ketones is 1. The van der Waals surface area contributed by atoms with Crippen LogP contribution in [0.4, 0.5) is 0 Å². The number of carbonyl (C=O) groups excluding carboxylic acids is 1. The molecule has 0 saturated carbocycles. The predicted octanol–water partition coefficient (Wildman–Crippen LogP) is 6.49. The van der Waals surface area contributed by atoms with Crippen LogP contribution >= 0.6 is 15.9 Å². The average molecular weight is 473 g/mol. The third kappa shape index (κ3) is 6.05.